The molecular formula is C16H12N2O3. The van der Waals surface area contributed by atoms with E-state index in [-0.39, 0.29) is 11.3 Å². The summed E-state index contributed by atoms with van der Waals surface area (Å²) in [7, 11) is 0. The second-order valence-corrected chi connectivity index (χ2v) is 4.77. The van der Waals surface area contributed by atoms with Crippen LogP contribution in [0.25, 0.3) is 0 Å². The smallest absolute Gasteiger partial charge is 0.233 e. The van der Waals surface area contributed by atoms with Crippen LogP contribution in [0.15, 0.2) is 48.5 Å². The van der Waals surface area contributed by atoms with Crippen molar-refractivity contribution in [2.45, 2.75) is 6.04 Å². The summed E-state index contributed by atoms with van der Waals surface area (Å²) in [6, 6.07) is 11.9. The van der Waals surface area contributed by atoms with Crippen molar-refractivity contribution >= 4 is 28.7 Å². The SMILES string of the molecule is Nc1ccccc1C(=O)C(=O)C1Nc2ccccc2C1=O. The number of nitrogens with one attached hydrogen (secondary N) is 1. The van der Waals surface area contributed by atoms with Gasteiger partial charge in [-0.3, -0.25) is 14.4 Å². The molecule has 0 fully saturated rings. The average Bonchev–Trinajstić information content (AvgIpc) is 2.84. The number of carbonyl (C=O) groups excluding carboxylic acids is 3. The third kappa shape index (κ3) is 2.08. The van der Waals surface area contributed by atoms with Gasteiger partial charge in [0.25, 0.3) is 0 Å². The minimum Gasteiger partial charge on any atom is -0.398 e. The first kappa shape index (κ1) is 13.1. The quantitative estimate of drug-likeness (QED) is 0.386. The molecule has 21 heavy (non-hydrogen) atoms. The fraction of sp³-hybridized carbons (Fsp3) is 0.0625. The molecule has 1 atom stereocenters. The van der Waals surface area contributed by atoms with Gasteiger partial charge in [-0.15, -0.1) is 0 Å². The summed E-state index contributed by atoms with van der Waals surface area (Å²) in [4.78, 5) is 36.7. The number of ketones is 3. The van der Waals surface area contributed by atoms with Gasteiger partial charge >= 0.3 is 0 Å². The van der Waals surface area contributed by atoms with Gasteiger partial charge < -0.3 is 11.1 Å². The van der Waals surface area contributed by atoms with E-state index < -0.39 is 23.4 Å². The molecular weight excluding hydrogens is 268 g/mol. The molecule has 5 heteroatoms. The molecule has 0 aliphatic carbocycles. The molecule has 1 unspecified atom stereocenters. The number of Topliss-reactive ketones (excluding diaryl/α,β-unsaturated/α-hetero) is 3. The maximum absolute atomic E-state index is 12.3. The van der Waals surface area contributed by atoms with E-state index >= 15 is 0 Å². The maximum Gasteiger partial charge on any atom is 0.233 e. The van der Waals surface area contributed by atoms with Crippen LogP contribution in [0.5, 0.6) is 0 Å². The summed E-state index contributed by atoms with van der Waals surface area (Å²) in [6.07, 6.45) is 0. The van der Waals surface area contributed by atoms with Crippen LogP contribution >= 0.6 is 0 Å². The van der Waals surface area contributed by atoms with Crippen molar-refractivity contribution in [2.75, 3.05) is 11.1 Å². The number of carbonyl (C=O) groups is 3. The van der Waals surface area contributed by atoms with Gasteiger partial charge in [0.2, 0.25) is 11.6 Å². The molecule has 2 aromatic rings. The molecule has 1 aliphatic rings. The molecule has 0 aromatic heterocycles. The largest absolute Gasteiger partial charge is 0.398 e. The van der Waals surface area contributed by atoms with E-state index in [2.05, 4.69) is 5.32 Å². The van der Waals surface area contributed by atoms with Gasteiger partial charge in [0, 0.05) is 22.5 Å². The number of hydrogen-bond donors (Lipinski definition) is 2. The second kappa shape index (κ2) is 4.86. The molecule has 0 radical (unpaired) electrons. The standard InChI is InChI=1S/C16H12N2O3/c17-11-7-3-1-5-9(11)15(20)16(21)13-14(19)10-6-2-4-8-12(10)18-13/h1-8,13,18H,17H2. The Balaban J connectivity index is 1.90. The summed E-state index contributed by atoms with van der Waals surface area (Å²) in [5, 5.41) is 2.79. The van der Waals surface area contributed by atoms with Crippen molar-refractivity contribution in [1.82, 2.24) is 0 Å². The van der Waals surface area contributed by atoms with Crippen molar-refractivity contribution in [3.8, 4) is 0 Å². The Morgan fingerprint density at radius 1 is 1.00 bits per heavy atom. The molecule has 104 valence electrons. The Kier molecular flexibility index (Phi) is 3.02. The molecule has 1 heterocycles. The Morgan fingerprint density at radius 3 is 2.38 bits per heavy atom. The molecule has 3 rings (SSSR count). The zero-order valence-electron chi connectivity index (χ0n) is 11.0. The summed E-state index contributed by atoms with van der Waals surface area (Å²) in [6.45, 7) is 0. The zero-order chi connectivity index (χ0) is 15.0. The van der Waals surface area contributed by atoms with Crippen molar-refractivity contribution in [1.29, 1.82) is 0 Å². The number of nitrogens with two attached hydrogens (primary N) is 1. The van der Waals surface area contributed by atoms with E-state index in [1.165, 1.54) is 6.07 Å². The summed E-state index contributed by atoms with van der Waals surface area (Å²) < 4.78 is 0. The van der Waals surface area contributed by atoms with Gasteiger partial charge in [-0.25, -0.2) is 0 Å². The number of hydrogen-bond acceptors (Lipinski definition) is 5. The monoisotopic (exact) mass is 280 g/mol. The van der Waals surface area contributed by atoms with Gasteiger partial charge in [0.15, 0.2) is 11.8 Å². The third-order valence-electron chi connectivity index (χ3n) is 3.45. The van der Waals surface area contributed by atoms with Gasteiger partial charge in [0.05, 0.1) is 0 Å². The van der Waals surface area contributed by atoms with Crippen LogP contribution in [0.3, 0.4) is 0 Å². The molecule has 5 nitrogen and oxygen atoms in total. The normalized spacial score (nSPS) is 16.2. The Labute approximate surface area is 120 Å². The first-order chi connectivity index (χ1) is 10.1. The van der Waals surface area contributed by atoms with E-state index in [0.29, 0.717) is 11.3 Å². The van der Waals surface area contributed by atoms with E-state index in [0.717, 1.165) is 0 Å². The van der Waals surface area contributed by atoms with Crippen molar-refractivity contribution in [3.05, 3.63) is 59.7 Å². The van der Waals surface area contributed by atoms with Crippen LogP contribution in [0.1, 0.15) is 20.7 Å². The maximum atomic E-state index is 12.3. The molecule has 0 amide bonds. The van der Waals surface area contributed by atoms with Gasteiger partial charge in [-0.1, -0.05) is 24.3 Å². The second-order valence-electron chi connectivity index (χ2n) is 4.77. The number of benzene rings is 2. The predicted molar refractivity (Wildman–Crippen MR) is 78.4 cm³/mol. The lowest BCUT2D eigenvalue weighted by molar-refractivity contribution is -0.114. The highest BCUT2D eigenvalue weighted by molar-refractivity contribution is 6.51. The first-order valence-corrected chi connectivity index (χ1v) is 6.42. The number of nitrogen functional groups attached to an aromatic ring is 1. The highest BCUT2D eigenvalue weighted by Gasteiger charge is 2.38. The lowest BCUT2D eigenvalue weighted by Gasteiger charge is -2.09. The van der Waals surface area contributed by atoms with Crippen LogP contribution in [0, 0.1) is 0 Å². The van der Waals surface area contributed by atoms with E-state index in [1.807, 2.05) is 0 Å². The molecule has 3 N–H and O–H groups in total. The van der Waals surface area contributed by atoms with Crippen molar-refractivity contribution in [2.24, 2.45) is 0 Å². The van der Waals surface area contributed by atoms with Crippen LogP contribution in [0.4, 0.5) is 11.4 Å². The molecule has 2 aromatic carbocycles. The van der Waals surface area contributed by atoms with Crippen molar-refractivity contribution in [3.63, 3.8) is 0 Å². The Bertz CT molecular complexity index is 768. The molecule has 0 bridgehead atoms. The first-order valence-electron chi connectivity index (χ1n) is 6.42. The van der Waals surface area contributed by atoms with Gasteiger partial charge in [0.1, 0.15) is 0 Å². The van der Waals surface area contributed by atoms with Gasteiger partial charge in [-0.2, -0.15) is 0 Å². The number of rotatable bonds is 3. The summed E-state index contributed by atoms with van der Waals surface area (Å²) >= 11 is 0. The molecule has 1 aliphatic heterocycles. The topological polar surface area (TPSA) is 89.3 Å². The summed E-state index contributed by atoms with van der Waals surface area (Å²) in [5.74, 6) is -1.95. The highest BCUT2D eigenvalue weighted by atomic mass is 16.2. The van der Waals surface area contributed by atoms with E-state index in [9.17, 15) is 14.4 Å². The number of para-hydroxylation sites is 2. The number of fused-ring (bicyclic) bond motifs is 1. The lowest BCUT2D eigenvalue weighted by Crippen LogP contribution is -2.37. The van der Waals surface area contributed by atoms with Crippen molar-refractivity contribution < 1.29 is 14.4 Å². The van der Waals surface area contributed by atoms with E-state index in [1.54, 1.807) is 42.5 Å². The predicted octanol–water partition coefficient (Wildman–Crippen LogP) is 1.70. The van der Waals surface area contributed by atoms with Gasteiger partial charge in [-0.05, 0) is 24.3 Å². The van der Waals surface area contributed by atoms with Crippen LogP contribution < -0.4 is 11.1 Å². The Morgan fingerprint density at radius 2 is 1.67 bits per heavy atom. The van der Waals surface area contributed by atoms with E-state index in [4.69, 9.17) is 5.73 Å². The molecule has 0 saturated carbocycles. The minimum atomic E-state index is -1.17. The van der Waals surface area contributed by atoms with Crippen LogP contribution in [-0.2, 0) is 4.79 Å². The van der Waals surface area contributed by atoms with Crippen LogP contribution in [-0.4, -0.2) is 23.4 Å². The average molecular weight is 280 g/mol. The fourth-order valence-corrected chi connectivity index (χ4v) is 2.35. The molecule has 0 saturated heterocycles. The molecule has 0 spiro atoms. The highest BCUT2D eigenvalue weighted by Crippen LogP contribution is 2.26. The lowest BCUT2D eigenvalue weighted by atomic mass is 9.98. The fourth-order valence-electron chi connectivity index (χ4n) is 2.35. The number of anilines is 2. The third-order valence-corrected chi connectivity index (χ3v) is 3.45. The minimum absolute atomic E-state index is 0.119. The summed E-state index contributed by atoms with van der Waals surface area (Å²) in [5.41, 5.74) is 7.02. The zero-order valence-corrected chi connectivity index (χ0v) is 11.0. The van der Waals surface area contributed by atoms with Crippen LogP contribution in [0.2, 0.25) is 0 Å². The Hall–Kier alpha value is -2.95.